The van der Waals surface area contributed by atoms with Crippen molar-refractivity contribution in [2.75, 3.05) is 19.8 Å². The molecule has 1 fully saturated rings. The van der Waals surface area contributed by atoms with Gasteiger partial charge in [-0.3, -0.25) is 9.59 Å². The van der Waals surface area contributed by atoms with Crippen LogP contribution in [0.4, 0.5) is 0 Å². The fourth-order valence-corrected chi connectivity index (χ4v) is 10.2. The molecule has 466 valence electrons. The number of amides is 1. The largest absolute Gasteiger partial charge is 0.466 e. The topological polar surface area (TPSA) is 175 Å². The molecule has 1 aliphatic rings. The number of esters is 1. The van der Waals surface area contributed by atoms with E-state index in [1.807, 2.05) is 6.08 Å². The van der Waals surface area contributed by atoms with Gasteiger partial charge in [0.25, 0.3) is 0 Å². The van der Waals surface area contributed by atoms with E-state index in [4.69, 9.17) is 14.2 Å². The van der Waals surface area contributed by atoms with E-state index in [9.17, 15) is 35.1 Å². The first kappa shape index (κ1) is 75.4. The zero-order valence-corrected chi connectivity index (χ0v) is 51.5. The molecular formula is C69H125NO10. The molecule has 0 bridgehead atoms. The smallest absolute Gasteiger partial charge is 0.305 e. The predicted molar refractivity (Wildman–Crippen MR) is 333 cm³/mol. The van der Waals surface area contributed by atoms with Gasteiger partial charge < -0.3 is 45.1 Å². The normalized spacial score (nSPS) is 18.7. The summed E-state index contributed by atoms with van der Waals surface area (Å²) < 4.78 is 16.7. The third-order valence-corrected chi connectivity index (χ3v) is 15.6. The number of aliphatic hydroxyl groups excluding tert-OH is 5. The molecule has 6 N–H and O–H groups in total. The molecular weight excluding hydrogens is 1000 g/mol. The first-order chi connectivity index (χ1) is 39.2. The first-order valence-corrected chi connectivity index (χ1v) is 33.6. The number of ether oxygens (including phenoxy) is 3. The van der Waals surface area contributed by atoms with Gasteiger partial charge in [-0.05, 0) is 103 Å². The van der Waals surface area contributed by atoms with E-state index in [-0.39, 0.29) is 18.5 Å². The summed E-state index contributed by atoms with van der Waals surface area (Å²) in [6.07, 6.45) is 66.5. The maximum Gasteiger partial charge on any atom is 0.305 e. The third kappa shape index (κ3) is 46.8. The summed E-state index contributed by atoms with van der Waals surface area (Å²) in [6, 6.07) is -0.828. The Balaban J connectivity index is 1.96. The Hall–Kier alpha value is -2.64. The van der Waals surface area contributed by atoms with Crippen molar-refractivity contribution in [3.05, 3.63) is 60.8 Å². The Bertz CT molecular complexity index is 1510. The molecule has 1 rings (SSSR count). The van der Waals surface area contributed by atoms with Gasteiger partial charge in [-0.25, -0.2) is 0 Å². The Labute approximate surface area is 490 Å². The average molecular weight is 1130 g/mol. The standard InChI is InChI=1S/C69H125NO10/c1-3-5-7-9-11-13-14-15-34-37-41-45-49-53-57-65(74)78-58-54-50-46-42-38-35-32-30-28-26-24-22-20-18-16-17-19-21-23-25-27-29-31-33-36-40-44-48-52-56-64(73)70-61(62(72)55-51-47-43-39-12-10-8-6-4-2)60-79-69-68(77)67(76)66(75)63(59-71)80-69/h12,14-16,18,22,24,39,51,55,61-63,66-69,71-72,75-77H,3-11,13,17,19-21,23,25-38,40-50,52-54,56-60H2,1-2H3,(H,70,73)/b15-14-,18-16-,24-22-,39-12+,55-51+. The van der Waals surface area contributed by atoms with Crippen molar-refractivity contribution >= 4 is 11.9 Å². The van der Waals surface area contributed by atoms with E-state index in [1.54, 1.807) is 6.08 Å². The molecule has 1 aliphatic heterocycles. The van der Waals surface area contributed by atoms with Crippen molar-refractivity contribution in [2.45, 2.75) is 346 Å². The molecule has 0 saturated carbocycles. The number of carbonyl (C=O) groups excluding carboxylic acids is 2. The Morgan fingerprint density at radius 2 is 0.850 bits per heavy atom. The number of unbranched alkanes of at least 4 members (excludes halogenated alkanes) is 36. The van der Waals surface area contributed by atoms with Crippen molar-refractivity contribution in [1.29, 1.82) is 0 Å². The molecule has 0 spiro atoms. The van der Waals surface area contributed by atoms with Gasteiger partial charge >= 0.3 is 5.97 Å². The van der Waals surface area contributed by atoms with Crippen LogP contribution in [-0.4, -0.2) is 100 Å². The maximum atomic E-state index is 13.0. The highest BCUT2D eigenvalue weighted by molar-refractivity contribution is 5.76. The molecule has 0 aromatic heterocycles. The third-order valence-electron chi connectivity index (χ3n) is 15.6. The lowest BCUT2D eigenvalue weighted by molar-refractivity contribution is -0.302. The van der Waals surface area contributed by atoms with Crippen LogP contribution in [0.5, 0.6) is 0 Å². The average Bonchev–Trinajstić information content (AvgIpc) is 3.45. The quantitative estimate of drug-likeness (QED) is 0.0195. The molecule has 80 heavy (non-hydrogen) atoms. The van der Waals surface area contributed by atoms with Crippen LogP contribution < -0.4 is 5.32 Å². The molecule has 11 heteroatoms. The highest BCUT2D eigenvalue weighted by Crippen LogP contribution is 2.23. The SMILES string of the molecule is CCCCC/C=C/CC/C=C/C(O)C(COC1OC(CO)C(O)C(O)C1O)NC(=O)CCCCCCCCCCCCCCC/C=C\C/C=C\CCCCCCCCCCCOC(=O)CCCCCCC/C=C\CCCCCCC. The summed E-state index contributed by atoms with van der Waals surface area (Å²) >= 11 is 0. The number of nitrogens with one attached hydrogen (secondary N) is 1. The van der Waals surface area contributed by atoms with Gasteiger partial charge in [-0.2, -0.15) is 0 Å². The van der Waals surface area contributed by atoms with Crippen LogP contribution in [-0.2, 0) is 23.8 Å². The second-order valence-electron chi connectivity index (χ2n) is 23.2. The minimum Gasteiger partial charge on any atom is -0.466 e. The Kier molecular flexibility index (Phi) is 54.8. The van der Waals surface area contributed by atoms with Gasteiger partial charge in [0.2, 0.25) is 5.91 Å². The zero-order chi connectivity index (χ0) is 58.0. The summed E-state index contributed by atoms with van der Waals surface area (Å²) in [7, 11) is 0. The van der Waals surface area contributed by atoms with Crippen LogP contribution in [0.2, 0.25) is 0 Å². The summed E-state index contributed by atoms with van der Waals surface area (Å²) in [4.78, 5) is 25.1. The van der Waals surface area contributed by atoms with Crippen molar-refractivity contribution in [1.82, 2.24) is 5.32 Å². The van der Waals surface area contributed by atoms with Crippen molar-refractivity contribution in [3.8, 4) is 0 Å². The van der Waals surface area contributed by atoms with Crippen LogP contribution in [0.1, 0.15) is 303 Å². The highest BCUT2D eigenvalue weighted by atomic mass is 16.7. The molecule has 0 aromatic carbocycles. The minimum absolute atomic E-state index is 0.00601. The molecule has 11 nitrogen and oxygen atoms in total. The van der Waals surface area contributed by atoms with Crippen LogP contribution in [0, 0.1) is 0 Å². The monoisotopic (exact) mass is 1130 g/mol. The van der Waals surface area contributed by atoms with E-state index >= 15 is 0 Å². The molecule has 7 atom stereocenters. The highest BCUT2D eigenvalue weighted by Gasteiger charge is 2.44. The van der Waals surface area contributed by atoms with Crippen LogP contribution in [0.3, 0.4) is 0 Å². The van der Waals surface area contributed by atoms with Crippen molar-refractivity contribution < 1.29 is 49.3 Å². The number of rotatable bonds is 58. The van der Waals surface area contributed by atoms with Crippen molar-refractivity contribution in [2.24, 2.45) is 0 Å². The summed E-state index contributed by atoms with van der Waals surface area (Å²) in [5.74, 6) is -0.202. The Morgan fingerprint density at radius 1 is 0.463 bits per heavy atom. The number of carbonyl (C=O) groups is 2. The molecule has 7 unspecified atom stereocenters. The second-order valence-corrected chi connectivity index (χ2v) is 23.2. The Morgan fingerprint density at radius 3 is 1.34 bits per heavy atom. The van der Waals surface area contributed by atoms with Gasteiger partial charge in [0, 0.05) is 12.8 Å². The van der Waals surface area contributed by atoms with Gasteiger partial charge in [-0.1, -0.05) is 248 Å². The molecule has 0 aliphatic carbocycles. The molecule has 1 saturated heterocycles. The van der Waals surface area contributed by atoms with Gasteiger partial charge in [-0.15, -0.1) is 0 Å². The molecule has 0 aromatic rings. The molecule has 0 radical (unpaired) electrons. The van der Waals surface area contributed by atoms with E-state index in [0.717, 1.165) is 64.2 Å². The number of aliphatic hydroxyl groups is 5. The van der Waals surface area contributed by atoms with Gasteiger partial charge in [0.1, 0.15) is 24.4 Å². The zero-order valence-electron chi connectivity index (χ0n) is 51.5. The second kappa shape index (κ2) is 58.1. The predicted octanol–water partition coefficient (Wildman–Crippen LogP) is 16.6. The summed E-state index contributed by atoms with van der Waals surface area (Å²) in [6.45, 7) is 4.27. The van der Waals surface area contributed by atoms with E-state index in [0.29, 0.717) is 19.4 Å². The van der Waals surface area contributed by atoms with Crippen LogP contribution >= 0.6 is 0 Å². The fourth-order valence-electron chi connectivity index (χ4n) is 10.2. The van der Waals surface area contributed by atoms with Gasteiger partial charge in [0.15, 0.2) is 6.29 Å². The number of hydrogen-bond acceptors (Lipinski definition) is 10. The molecule has 1 amide bonds. The van der Waals surface area contributed by atoms with E-state index in [1.165, 1.54) is 212 Å². The lowest BCUT2D eigenvalue weighted by Gasteiger charge is -2.40. The van der Waals surface area contributed by atoms with E-state index < -0.39 is 49.5 Å². The van der Waals surface area contributed by atoms with Crippen LogP contribution in [0.15, 0.2) is 60.8 Å². The summed E-state index contributed by atoms with van der Waals surface area (Å²) in [5.41, 5.74) is 0. The fraction of sp³-hybridized carbons (Fsp3) is 0.826. The lowest BCUT2D eigenvalue weighted by Crippen LogP contribution is -2.60. The molecule has 1 heterocycles. The number of hydrogen-bond donors (Lipinski definition) is 6. The lowest BCUT2D eigenvalue weighted by atomic mass is 9.99. The van der Waals surface area contributed by atoms with Crippen LogP contribution in [0.25, 0.3) is 0 Å². The maximum absolute atomic E-state index is 13.0. The van der Waals surface area contributed by atoms with Crippen molar-refractivity contribution in [3.63, 3.8) is 0 Å². The number of allylic oxidation sites excluding steroid dienone is 9. The van der Waals surface area contributed by atoms with Gasteiger partial charge in [0.05, 0.1) is 32.0 Å². The first-order valence-electron chi connectivity index (χ1n) is 33.6. The summed E-state index contributed by atoms with van der Waals surface area (Å²) in [5, 5.41) is 54.2. The van der Waals surface area contributed by atoms with E-state index in [2.05, 4.69) is 67.8 Å². The minimum atomic E-state index is -1.58.